The van der Waals surface area contributed by atoms with Gasteiger partial charge < -0.3 is 15.7 Å². The van der Waals surface area contributed by atoms with E-state index < -0.39 is 5.97 Å². The van der Waals surface area contributed by atoms with Crippen LogP contribution in [0.25, 0.3) is 27.2 Å². The van der Waals surface area contributed by atoms with Crippen molar-refractivity contribution < 1.29 is 19.1 Å². The van der Waals surface area contributed by atoms with Crippen molar-refractivity contribution in [3.05, 3.63) is 124 Å². The number of aromatic nitrogens is 2. The molecule has 2 aromatic heterocycles. The van der Waals surface area contributed by atoms with Crippen LogP contribution in [0.2, 0.25) is 0 Å². The number of carboxylic acid groups (broad SMARTS) is 1. The summed E-state index contributed by atoms with van der Waals surface area (Å²) in [4.78, 5) is 34.5. The fraction of sp³-hybridized carbons (Fsp3) is 0.152. The molecule has 7 nitrogen and oxygen atoms in total. The summed E-state index contributed by atoms with van der Waals surface area (Å²) < 4.78 is 14.8. The van der Waals surface area contributed by atoms with Crippen LogP contribution in [0.15, 0.2) is 78.7 Å². The van der Waals surface area contributed by atoms with E-state index in [-0.39, 0.29) is 29.0 Å². The third-order valence-electron chi connectivity index (χ3n) is 7.49. The van der Waals surface area contributed by atoms with E-state index in [0.717, 1.165) is 32.3 Å². The number of carbonyl (C=O) groups excluding carboxylic acids is 1. The molecule has 0 saturated heterocycles. The van der Waals surface area contributed by atoms with E-state index in [2.05, 4.69) is 22.2 Å². The maximum Gasteiger partial charge on any atom is 0.335 e. The van der Waals surface area contributed by atoms with E-state index in [1.807, 2.05) is 29.6 Å². The Morgan fingerprint density at radius 1 is 1.07 bits per heavy atom. The first kappa shape index (κ1) is 27.3. The quantitative estimate of drug-likeness (QED) is 0.190. The Kier molecular flexibility index (Phi) is 7.26. The second-order valence-electron chi connectivity index (χ2n) is 10.3. The van der Waals surface area contributed by atoms with Crippen LogP contribution in [0.5, 0.6) is 0 Å². The lowest BCUT2D eigenvalue weighted by molar-refractivity contribution is 0.0696. The van der Waals surface area contributed by atoms with Crippen LogP contribution in [0.1, 0.15) is 61.3 Å². The zero-order chi connectivity index (χ0) is 29.4. The molecular formula is C33H27FN4O3S. The van der Waals surface area contributed by atoms with Gasteiger partial charge in [-0.25, -0.2) is 19.2 Å². The number of carbonyl (C=O) groups is 2. The van der Waals surface area contributed by atoms with E-state index >= 15 is 0 Å². The Bertz CT molecular complexity index is 1880. The van der Waals surface area contributed by atoms with Crippen LogP contribution in [0.4, 0.5) is 4.39 Å². The molecule has 2 heterocycles. The predicted molar refractivity (Wildman–Crippen MR) is 162 cm³/mol. The molecule has 210 valence electrons. The SMILES string of the molecule is C=C(NCc1ccc(F)c(C)c1)c1cc(C(=O)N[C@H]2CCc3cc(C(=O)O)ccc32)nc(-c2csc3ccccc23)n1. The number of benzene rings is 3. The number of rotatable bonds is 8. The standard InChI is InChI=1S/C33H27FN4O3S/c1-18-13-20(7-11-26(18)34)16-35-19(2)28-15-29(37-31(36-28)25-17-42-30-6-4-3-5-24(25)30)32(39)38-27-12-9-21-14-22(33(40)41)8-10-23(21)27/h3-8,10-11,13-15,17,27,35H,2,9,12,16H2,1H3,(H,38,39)(H,40,41)/t27-/m0/s1. The first-order valence-electron chi connectivity index (χ1n) is 13.5. The van der Waals surface area contributed by atoms with E-state index in [4.69, 9.17) is 4.98 Å². The molecule has 1 aliphatic rings. The van der Waals surface area contributed by atoms with Gasteiger partial charge in [-0.1, -0.05) is 43.0 Å². The number of aryl methyl sites for hydroxylation is 2. The molecule has 1 atom stereocenters. The van der Waals surface area contributed by atoms with E-state index in [9.17, 15) is 19.1 Å². The lowest BCUT2D eigenvalue weighted by atomic mass is 10.0. The Morgan fingerprint density at radius 3 is 2.69 bits per heavy atom. The molecule has 42 heavy (non-hydrogen) atoms. The van der Waals surface area contributed by atoms with Gasteiger partial charge in [0.2, 0.25) is 0 Å². The number of nitrogens with zero attached hydrogens (tertiary/aromatic N) is 2. The Hall–Kier alpha value is -4.89. The largest absolute Gasteiger partial charge is 0.478 e. The lowest BCUT2D eigenvalue weighted by Crippen LogP contribution is -2.28. The lowest BCUT2D eigenvalue weighted by Gasteiger charge is -2.16. The molecule has 1 aliphatic carbocycles. The van der Waals surface area contributed by atoms with Crippen molar-refractivity contribution in [2.45, 2.75) is 32.4 Å². The van der Waals surface area contributed by atoms with Crippen LogP contribution in [0, 0.1) is 12.7 Å². The highest BCUT2D eigenvalue weighted by Gasteiger charge is 2.26. The summed E-state index contributed by atoms with van der Waals surface area (Å²) >= 11 is 1.58. The summed E-state index contributed by atoms with van der Waals surface area (Å²) in [6, 6.07) is 19.2. The van der Waals surface area contributed by atoms with Crippen molar-refractivity contribution in [2.75, 3.05) is 0 Å². The zero-order valence-electron chi connectivity index (χ0n) is 22.8. The van der Waals surface area contributed by atoms with Gasteiger partial charge >= 0.3 is 5.97 Å². The maximum absolute atomic E-state index is 13.7. The highest BCUT2D eigenvalue weighted by Crippen LogP contribution is 2.34. The molecule has 1 amide bonds. The fourth-order valence-corrected chi connectivity index (χ4v) is 6.18. The van der Waals surface area contributed by atoms with Gasteiger partial charge in [0.15, 0.2) is 5.82 Å². The van der Waals surface area contributed by atoms with Crippen LogP contribution in [-0.4, -0.2) is 27.0 Å². The van der Waals surface area contributed by atoms with Gasteiger partial charge in [0.1, 0.15) is 11.5 Å². The molecule has 6 rings (SSSR count). The number of carboxylic acids is 1. The van der Waals surface area contributed by atoms with Gasteiger partial charge in [0, 0.05) is 27.6 Å². The van der Waals surface area contributed by atoms with Gasteiger partial charge in [0.25, 0.3) is 5.91 Å². The van der Waals surface area contributed by atoms with Crippen molar-refractivity contribution in [3.8, 4) is 11.4 Å². The molecule has 3 N–H and O–H groups in total. The van der Waals surface area contributed by atoms with Crippen molar-refractivity contribution in [2.24, 2.45) is 0 Å². The molecule has 0 aliphatic heterocycles. The number of aromatic carboxylic acids is 1. The first-order valence-corrected chi connectivity index (χ1v) is 14.4. The monoisotopic (exact) mass is 578 g/mol. The number of thiophene rings is 1. The number of fused-ring (bicyclic) bond motifs is 2. The van der Waals surface area contributed by atoms with E-state index in [1.165, 1.54) is 6.07 Å². The predicted octanol–water partition coefficient (Wildman–Crippen LogP) is 6.68. The maximum atomic E-state index is 13.7. The highest BCUT2D eigenvalue weighted by atomic mass is 32.1. The van der Waals surface area contributed by atoms with Crippen LogP contribution < -0.4 is 10.6 Å². The normalized spacial score (nSPS) is 14.0. The minimum atomic E-state index is -0.976. The molecular weight excluding hydrogens is 551 g/mol. The van der Waals surface area contributed by atoms with E-state index in [0.29, 0.717) is 42.2 Å². The van der Waals surface area contributed by atoms with Gasteiger partial charge in [0.05, 0.1) is 23.0 Å². The second-order valence-corrected chi connectivity index (χ2v) is 11.2. The van der Waals surface area contributed by atoms with Crippen LogP contribution in [-0.2, 0) is 13.0 Å². The molecule has 5 aromatic rings. The van der Waals surface area contributed by atoms with Gasteiger partial charge in [-0.3, -0.25) is 4.79 Å². The molecule has 0 saturated carbocycles. The van der Waals surface area contributed by atoms with Gasteiger partial charge in [-0.15, -0.1) is 11.3 Å². The topological polar surface area (TPSA) is 104 Å². The Labute approximate surface area is 245 Å². The number of hydrogen-bond donors (Lipinski definition) is 3. The minimum absolute atomic E-state index is 0.196. The van der Waals surface area contributed by atoms with Gasteiger partial charge in [-0.05, 0) is 72.4 Å². The molecule has 0 spiro atoms. The number of amides is 1. The van der Waals surface area contributed by atoms with Crippen molar-refractivity contribution in [3.63, 3.8) is 0 Å². The molecule has 3 aromatic carbocycles. The number of hydrogen-bond acceptors (Lipinski definition) is 6. The van der Waals surface area contributed by atoms with Crippen LogP contribution >= 0.6 is 11.3 Å². The van der Waals surface area contributed by atoms with Crippen molar-refractivity contribution in [1.82, 2.24) is 20.6 Å². The van der Waals surface area contributed by atoms with Crippen LogP contribution in [0.3, 0.4) is 0 Å². The van der Waals surface area contributed by atoms with Crippen molar-refractivity contribution >= 4 is 39.0 Å². The molecule has 0 fully saturated rings. The zero-order valence-corrected chi connectivity index (χ0v) is 23.6. The third kappa shape index (κ3) is 5.38. The summed E-state index contributed by atoms with van der Waals surface area (Å²) in [5.41, 5.74) is 5.49. The highest BCUT2D eigenvalue weighted by molar-refractivity contribution is 7.17. The summed E-state index contributed by atoms with van der Waals surface area (Å²) in [7, 11) is 0. The smallest absolute Gasteiger partial charge is 0.335 e. The molecule has 9 heteroatoms. The average molecular weight is 579 g/mol. The summed E-state index contributed by atoms with van der Waals surface area (Å²) in [6.07, 6.45) is 1.33. The number of halogens is 1. The second kappa shape index (κ2) is 11.2. The first-order chi connectivity index (χ1) is 20.3. The number of nitrogens with one attached hydrogen (secondary N) is 2. The third-order valence-corrected chi connectivity index (χ3v) is 8.45. The summed E-state index contributed by atoms with van der Waals surface area (Å²) in [5, 5.41) is 18.6. The van der Waals surface area contributed by atoms with E-state index in [1.54, 1.807) is 54.7 Å². The molecule has 0 radical (unpaired) electrons. The van der Waals surface area contributed by atoms with Crippen molar-refractivity contribution in [1.29, 1.82) is 0 Å². The Morgan fingerprint density at radius 2 is 1.88 bits per heavy atom. The molecule has 0 unspecified atom stereocenters. The summed E-state index contributed by atoms with van der Waals surface area (Å²) in [6.45, 7) is 6.29. The summed E-state index contributed by atoms with van der Waals surface area (Å²) in [5.74, 6) is -1.19. The Balaban J connectivity index is 1.31. The average Bonchev–Trinajstić information content (AvgIpc) is 3.61. The fourth-order valence-electron chi connectivity index (χ4n) is 5.24. The van der Waals surface area contributed by atoms with Gasteiger partial charge in [-0.2, -0.15) is 0 Å². The minimum Gasteiger partial charge on any atom is -0.478 e. The molecule has 0 bridgehead atoms.